The molecule has 5 rings (SSSR count). The van der Waals surface area contributed by atoms with Gasteiger partial charge in [-0.1, -0.05) is 50.1 Å². The predicted molar refractivity (Wildman–Crippen MR) is 141 cm³/mol. The predicted octanol–water partition coefficient (Wildman–Crippen LogP) is 4.67. The summed E-state index contributed by atoms with van der Waals surface area (Å²) >= 11 is 0. The molecule has 1 saturated carbocycles. The van der Waals surface area contributed by atoms with Crippen LogP contribution in [-0.4, -0.2) is 57.9 Å². The number of rotatable bonds is 8. The van der Waals surface area contributed by atoms with Gasteiger partial charge in [0.1, 0.15) is 11.2 Å². The van der Waals surface area contributed by atoms with Crippen LogP contribution >= 0.6 is 0 Å². The number of nitrogens with one attached hydrogen (secondary N) is 1. The van der Waals surface area contributed by atoms with E-state index >= 15 is 0 Å². The maximum atomic E-state index is 13.9. The van der Waals surface area contributed by atoms with Gasteiger partial charge in [0.15, 0.2) is 5.58 Å². The topological polar surface area (TPSA) is 70.7 Å². The molecule has 0 unspecified atom stereocenters. The normalized spacial score (nSPS) is 24.3. The van der Waals surface area contributed by atoms with Gasteiger partial charge in [-0.05, 0) is 51.3 Å². The average molecular weight is 491 g/mol. The second-order valence-corrected chi connectivity index (χ2v) is 10.9. The van der Waals surface area contributed by atoms with Crippen molar-refractivity contribution in [1.82, 2.24) is 19.7 Å². The summed E-state index contributed by atoms with van der Waals surface area (Å²) in [6, 6.07) is 14.2. The maximum absolute atomic E-state index is 13.9. The molecule has 7 heteroatoms. The number of fused-ring (bicyclic) bond motifs is 3. The van der Waals surface area contributed by atoms with Gasteiger partial charge in [-0.3, -0.25) is 9.59 Å². The molecule has 1 fully saturated rings. The van der Waals surface area contributed by atoms with Gasteiger partial charge in [0.25, 0.3) is 5.91 Å². The number of carbonyl (C=O) groups excluding carboxylic acids is 2. The summed E-state index contributed by atoms with van der Waals surface area (Å²) < 4.78 is 7.55. The Labute approximate surface area is 213 Å². The van der Waals surface area contributed by atoms with Crippen LogP contribution in [0.5, 0.6) is 0 Å². The fraction of sp³-hybridized carbons (Fsp3) is 0.517. The number of hydrogen-bond acceptors (Lipinski definition) is 4. The smallest absolute Gasteiger partial charge is 0.271 e. The molecule has 36 heavy (non-hydrogen) atoms. The molecular weight excluding hydrogens is 452 g/mol. The third kappa shape index (κ3) is 4.69. The Morgan fingerprint density at radius 1 is 1.19 bits per heavy atom. The van der Waals surface area contributed by atoms with Gasteiger partial charge in [-0.15, -0.1) is 0 Å². The van der Waals surface area contributed by atoms with Gasteiger partial charge in [-0.2, -0.15) is 0 Å². The molecule has 1 aliphatic carbocycles. The molecule has 3 aromatic rings. The maximum Gasteiger partial charge on any atom is 0.271 e. The van der Waals surface area contributed by atoms with E-state index in [0.29, 0.717) is 30.3 Å². The second-order valence-electron chi connectivity index (χ2n) is 10.9. The highest BCUT2D eigenvalue weighted by Gasteiger charge is 2.48. The first-order chi connectivity index (χ1) is 17.4. The summed E-state index contributed by atoms with van der Waals surface area (Å²) in [5.41, 5.74) is 2.44. The third-order valence-corrected chi connectivity index (χ3v) is 8.18. The number of hydrogen-bond donors (Lipinski definition) is 1. The molecule has 3 atom stereocenters. The Balaban J connectivity index is 1.35. The van der Waals surface area contributed by atoms with Gasteiger partial charge >= 0.3 is 0 Å². The van der Waals surface area contributed by atoms with E-state index in [1.807, 2.05) is 29.7 Å². The van der Waals surface area contributed by atoms with Crippen LogP contribution in [0.4, 0.5) is 0 Å². The van der Waals surface area contributed by atoms with Crippen molar-refractivity contribution in [3.05, 3.63) is 60.0 Å². The molecule has 2 aromatic heterocycles. The molecule has 3 heterocycles. The van der Waals surface area contributed by atoms with E-state index in [1.165, 1.54) is 12.0 Å². The Bertz CT molecular complexity index is 1220. The van der Waals surface area contributed by atoms with Crippen molar-refractivity contribution in [2.45, 2.75) is 70.6 Å². The minimum absolute atomic E-state index is 0.0526. The van der Waals surface area contributed by atoms with Crippen molar-refractivity contribution in [3.8, 4) is 0 Å². The first-order valence-electron chi connectivity index (χ1n) is 13.3. The number of nitrogens with zero attached hydrogens (tertiary/aromatic N) is 3. The molecule has 0 spiro atoms. The highest BCUT2D eigenvalue weighted by atomic mass is 16.3. The monoisotopic (exact) mass is 490 g/mol. The first-order valence-corrected chi connectivity index (χ1v) is 13.3. The van der Waals surface area contributed by atoms with E-state index in [2.05, 4.69) is 48.5 Å². The molecule has 192 valence electrons. The van der Waals surface area contributed by atoms with Crippen LogP contribution in [0.25, 0.3) is 11.1 Å². The minimum Gasteiger partial charge on any atom is -0.463 e. The van der Waals surface area contributed by atoms with Crippen molar-refractivity contribution in [3.63, 3.8) is 0 Å². The summed E-state index contributed by atoms with van der Waals surface area (Å²) in [6.07, 6.45) is 6.92. The van der Waals surface area contributed by atoms with Crippen LogP contribution in [0.15, 0.2) is 53.1 Å². The van der Waals surface area contributed by atoms with Gasteiger partial charge in [0, 0.05) is 31.3 Å². The average Bonchev–Trinajstić information content (AvgIpc) is 3.46. The van der Waals surface area contributed by atoms with Crippen molar-refractivity contribution in [2.75, 3.05) is 20.1 Å². The lowest BCUT2D eigenvalue weighted by Gasteiger charge is -2.45. The zero-order chi connectivity index (χ0) is 25.3. The first kappa shape index (κ1) is 24.6. The Morgan fingerprint density at radius 3 is 2.75 bits per heavy atom. The summed E-state index contributed by atoms with van der Waals surface area (Å²) in [7, 11) is 2.10. The van der Waals surface area contributed by atoms with E-state index in [-0.39, 0.29) is 17.9 Å². The van der Waals surface area contributed by atoms with E-state index < -0.39 is 5.54 Å². The number of amides is 2. The van der Waals surface area contributed by atoms with Crippen molar-refractivity contribution >= 4 is 22.9 Å². The molecule has 0 radical (unpaired) electrons. The largest absolute Gasteiger partial charge is 0.463 e. The highest BCUT2D eigenvalue weighted by Crippen LogP contribution is 2.34. The zero-order valence-corrected chi connectivity index (χ0v) is 21.7. The molecule has 0 saturated heterocycles. The van der Waals surface area contributed by atoms with Gasteiger partial charge in [0.05, 0.1) is 18.3 Å². The molecule has 1 aromatic carbocycles. The summed E-state index contributed by atoms with van der Waals surface area (Å²) in [5, 5.41) is 3.35. The van der Waals surface area contributed by atoms with E-state index in [4.69, 9.17) is 4.42 Å². The fourth-order valence-corrected chi connectivity index (χ4v) is 5.95. The van der Waals surface area contributed by atoms with E-state index in [0.717, 1.165) is 44.3 Å². The summed E-state index contributed by atoms with van der Waals surface area (Å²) in [4.78, 5) is 31.7. The second kappa shape index (κ2) is 10.1. The zero-order valence-electron chi connectivity index (χ0n) is 21.7. The molecule has 2 amide bonds. The van der Waals surface area contributed by atoms with Crippen LogP contribution < -0.4 is 5.32 Å². The Morgan fingerprint density at radius 2 is 1.97 bits per heavy atom. The molecule has 1 aliphatic heterocycles. The lowest BCUT2D eigenvalue weighted by molar-refractivity contribution is -0.134. The van der Waals surface area contributed by atoms with Gasteiger partial charge in [-0.25, -0.2) is 0 Å². The third-order valence-electron chi connectivity index (χ3n) is 8.18. The van der Waals surface area contributed by atoms with Crippen LogP contribution in [0.3, 0.4) is 0 Å². The lowest BCUT2D eigenvalue weighted by atomic mass is 9.85. The Kier molecular flexibility index (Phi) is 6.93. The molecule has 1 N–H and O–H groups in total. The number of furan rings is 1. The van der Waals surface area contributed by atoms with E-state index in [9.17, 15) is 9.59 Å². The van der Waals surface area contributed by atoms with Crippen LogP contribution in [0.2, 0.25) is 0 Å². The fourth-order valence-electron chi connectivity index (χ4n) is 5.95. The van der Waals surface area contributed by atoms with Crippen LogP contribution in [-0.2, 0) is 17.9 Å². The van der Waals surface area contributed by atoms with Crippen LogP contribution in [0.1, 0.15) is 62.0 Å². The van der Waals surface area contributed by atoms with Crippen LogP contribution in [0, 0.1) is 5.92 Å². The standard InChI is InChI=1S/C29H38N4O3/c1-21-10-7-8-13-23(21)30-28(35)29(2)20-32-24-14-17-36-26(24)18-25(32)27(34)33(29)16-9-15-31(3)19-22-11-5-4-6-12-22/h4-6,11-12,14,17-18,21,23H,7-10,13,15-16,19-20H2,1-3H3,(H,30,35)/t21-,23+,29-/m1/s1. The van der Waals surface area contributed by atoms with Crippen molar-refractivity contribution in [2.24, 2.45) is 5.92 Å². The van der Waals surface area contributed by atoms with Gasteiger partial charge < -0.3 is 24.1 Å². The quantitative estimate of drug-likeness (QED) is 0.498. The molecular formula is C29H38N4O3. The SMILES string of the molecule is C[C@@H]1CCCC[C@@H]1NC(=O)[C@@]1(C)Cn2c(cc3occc32)C(=O)N1CCCN(C)Cc1ccccc1. The lowest BCUT2D eigenvalue weighted by Crippen LogP contribution is -2.65. The number of carbonyl (C=O) groups is 2. The van der Waals surface area contributed by atoms with Crippen molar-refractivity contribution in [1.29, 1.82) is 0 Å². The number of aromatic nitrogens is 1. The van der Waals surface area contributed by atoms with Crippen molar-refractivity contribution < 1.29 is 14.0 Å². The molecule has 7 nitrogen and oxygen atoms in total. The van der Waals surface area contributed by atoms with Gasteiger partial charge in [0.2, 0.25) is 5.91 Å². The minimum atomic E-state index is -0.970. The summed E-state index contributed by atoms with van der Waals surface area (Å²) in [6.45, 7) is 6.78. The molecule has 0 bridgehead atoms. The van der Waals surface area contributed by atoms with E-state index in [1.54, 1.807) is 11.2 Å². The summed E-state index contributed by atoms with van der Waals surface area (Å²) in [5.74, 6) is 0.296. The molecule has 2 aliphatic rings. The highest BCUT2D eigenvalue weighted by molar-refractivity contribution is 6.02. The number of benzene rings is 1. The Hall–Kier alpha value is -3.06.